The lowest BCUT2D eigenvalue weighted by Crippen LogP contribution is -1.86. The van der Waals surface area contributed by atoms with Crippen LogP contribution >= 0.6 is 0 Å². The van der Waals surface area contributed by atoms with Crippen LogP contribution in [0.1, 0.15) is 12.5 Å². The molecule has 0 aliphatic rings. The van der Waals surface area contributed by atoms with Crippen LogP contribution in [0.15, 0.2) is 24.3 Å². The monoisotopic (exact) mass is 296 g/mol. The lowest BCUT2D eigenvalue weighted by atomic mass is 10.2. The van der Waals surface area contributed by atoms with Gasteiger partial charge in [-0.15, -0.1) is 6.42 Å². The molecular weight excluding hydrogens is 284 g/mol. The number of nitro benzene ring substituents is 1. The maximum Gasteiger partial charge on any atom is 0.382 e. The standard InChI is InChI=1S/C8H5NO2.C8H4O2.H3N/c1-2-7-3-5-8(6-4-7)9(10)11;1-2-3-4-5-6-7-8(9)10;/h1,3-6H;1H3,(H,9,10);1H3. The predicted molar refractivity (Wildman–Crippen MR) is 82.7 cm³/mol. The van der Waals surface area contributed by atoms with E-state index in [0.717, 1.165) is 0 Å². The Morgan fingerprint density at radius 2 is 1.73 bits per heavy atom. The number of benzene rings is 1. The van der Waals surface area contributed by atoms with Gasteiger partial charge in [0.1, 0.15) is 0 Å². The average Bonchev–Trinajstić information content (AvgIpc) is 2.47. The van der Waals surface area contributed by atoms with Crippen molar-refractivity contribution in [2.75, 3.05) is 0 Å². The quantitative estimate of drug-likeness (QED) is 0.466. The lowest BCUT2D eigenvalue weighted by molar-refractivity contribution is -0.384. The van der Waals surface area contributed by atoms with E-state index in [0.29, 0.717) is 5.56 Å². The summed E-state index contributed by atoms with van der Waals surface area (Å²) in [5.41, 5.74) is 0.708. The fraction of sp³-hybridized carbons (Fsp3) is 0.0625. The highest BCUT2D eigenvalue weighted by molar-refractivity contribution is 5.87. The van der Waals surface area contributed by atoms with Gasteiger partial charge in [0, 0.05) is 23.6 Å². The zero-order valence-corrected chi connectivity index (χ0v) is 11.7. The van der Waals surface area contributed by atoms with Crippen LogP contribution in [0, 0.1) is 58.0 Å². The maximum atomic E-state index is 10.2. The fourth-order valence-electron chi connectivity index (χ4n) is 0.889. The van der Waals surface area contributed by atoms with Gasteiger partial charge in [0.2, 0.25) is 0 Å². The Morgan fingerprint density at radius 3 is 2.14 bits per heavy atom. The molecule has 0 fully saturated rings. The Morgan fingerprint density at radius 1 is 1.18 bits per heavy atom. The molecule has 0 unspecified atom stereocenters. The zero-order valence-electron chi connectivity index (χ0n) is 11.7. The second kappa shape index (κ2) is 12.3. The van der Waals surface area contributed by atoms with Crippen molar-refractivity contribution in [2.24, 2.45) is 0 Å². The van der Waals surface area contributed by atoms with Gasteiger partial charge in [-0.2, -0.15) is 0 Å². The lowest BCUT2D eigenvalue weighted by Gasteiger charge is -1.89. The molecular formula is C16H12N2O4. The third-order valence-electron chi connectivity index (χ3n) is 1.73. The number of carbonyl (C=O) groups is 1. The molecule has 0 spiro atoms. The van der Waals surface area contributed by atoms with Gasteiger partial charge in [0.05, 0.1) is 4.92 Å². The van der Waals surface area contributed by atoms with E-state index in [2.05, 4.69) is 35.5 Å². The number of carboxylic acid groups (broad SMARTS) is 1. The van der Waals surface area contributed by atoms with E-state index in [1.54, 1.807) is 6.92 Å². The van der Waals surface area contributed by atoms with Crippen molar-refractivity contribution in [1.82, 2.24) is 6.15 Å². The average molecular weight is 296 g/mol. The molecule has 0 aromatic heterocycles. The highest BCUT2D eigenvalue weighted by Gasteiger charge is 2.01. The van der Waals surface area contributed by atoms with Crippen molar-refractivity contribution in [1.29, 1.82) is 0 Å². The number of nitrogens with zero attached hydrogens (tertiary/aromatic N) is 1. The van der Waals surface area contributed by atoms with Crippen molar-refractivity contribution < 1.29 is 14.8 Å². The van der Waals surface area contributed by atoms with Crippen molar-refractivity contribution >= 4 is 11.7 Å². The van der Waals surface area contributed by atoms with E-state index >= 15 is 0 Å². The van der Waals surface area contributed by atoms with Gasteiger partial charge in [0.15, 0.2) is 0 Å². The second-order valence-corrected chi connectivity index (χ2v) is 3.13. The number of rotatable bonds is 1. The summed E-state index contributed by atoms with van der Waals surface area (Å²) in [6.45, 7) is 1.64. The first kappa shape index (κ1) is 20.6. The summed E-state index contributed by atoms with van der Waals surface area (Å²) in [5.74, 6) is 14.7. The van der Waals surface area contributed by atoms with Crippen LogP contribution in [-0.2, 0) is 4.79 Å². The topological polar surface area (TPSA) is 115 Å². The van der Waals surface area contributed by atoms with E-state index in [9.17, 15) is 14.9 Å². The van der Waals surface area contributed by atoms with E-state index < -0.39 is 10.9 Å². The summed E-state index contributed by atoms with van der Waals surface area (Å²) in [5, 5.41) is 18.1. The van der Waals surface area contributed by atoms with Crippen LogP contribution in [0.2, 0.25) is 0 Å². The predicted octanol–water partition coefficient (Wildman–Crippen LogP) is 1.84. The molecule has 4 N–H and O–H groups in total. The summed E-state index contributed by atoms with van der Waals surface area (Å²) in [6.07, 6.45) is 5.06. The van der Waals surface area contributed by atoms with Gasteiger partial charge in [-0.25, -0.2) is 4.79 Å². The number of non-ortho nitro benzene ring substituents is 1. The molecule has 0 heterocycles. The summed E-state index contributed by atoms with van der Waals surface area (Å²) >= 11 is 0. The van der Waals surface area contributed by atoms with Gasteiger partial charge >= 0.3 is 5.97 Å². The van der Waals surface area contributed by atoms with E-state index in [-0.39, 0.29) is 11.8 Å². The van der Waals surface area contributed by atoms with E-state index in [1.165, 1.54) is 24.3 Å². The van der Waals surface area contributed by atoms with Crippen molar-refractivity contribution in [2.45, 2.75) is 6.92 Å². The first-order valence-corrected chi connectivity index (χ1v) is 5.38. The molecule has 6 heteroatoms. The Labute approximate surface area is 128 Å². The molecule has 110 valence electrons. The smallest absolute Gasteiger partial charge is 0.382 e. The van der Waals surface area contributed by atoms with E-state index in [1.807, 2.05) is 5.92 Å². The Bertz CT molecular complexity index is 740. The molecule has 1 rings (SSSR count). The van der Waals surface area contributed by atoms with Crippen molar-refractivity contribution in [3.8, 4) is 47.9 Å². The third kappa shape index (κ3) is 10.2. The first-order chi connectivity index (χ1) is 10.0. The molecule has 0 saturated heterocycles. The number of hydrogen-bond acceptors (Lipinski definition) is 4. The highest BCUT2D eigenvalue weighted by Crippen LogP contribution is 2.10. The molecule has 0 aliphatic heterocycles. The largest absolute Gasteiger partial charge is 0.472 e. The van der Waals surface area contributed by atoms with Gasteiger partial charge in [0.25, 0.3) is 5.69 Å². The van der Waals surface area contributed by atoms with Crippen LogP contribution in [0.5, 0.6) is 0 Å². The van der Waals surface area contributed by atoms with Crippen LogP contribution < -0.4 is 6.15 Å². The SMILES string of the molecule is C#Cc1ccc([N+](=O)[O-])cc1.CC#CC#CC#CC(=O)O.N. The third-order valence-corrected chi connectivity index (χ3v) is 1.73. The minimum atomic E-state index is -1.18. The molecule has 1 aromatic rings. The summed E-state index contributed by atoms with van der Waals surface area (Å²) in [7, 11) is 0. The minimum absolute atomic E-state index is 0. The molecule has 0 radical (unpaired) electrons. The highest BCUT2D eigenvalue weighted by atomic mass is 16.6. The molecule has 0 saturated carbocycles. The van der Waals surface area contributed by atoms with Crippen molar-refractivity contribution in [3.63, 3.8) is 0 Å². The molecule has 0 bridgehead atoms. The summed E-state index contributed by atoms with van der Waals surface area (Å²) in [4.78, 5) is 19.5. The molecule has 0 amide bonds. The van der Waals surface area contributed by atoms with Crippen molar-refractivity contribution in [3.05, 3.63) is 39.9 Å². The van der Waals surface area contributed by atoms with Gasteiger partial charge in [-0.05, 0) is 42.7 Å². The van der Waals surface area contributed by atoms with Crippen LogP contribution in [-0.4, -0.2) is 16.0 Å². The number of aliphatic carboxylic acids is 1. The Hall–Kier alpha value is -3.71. The van der Waals surface area contributed by atoms with E-state index in [4.69, 9.17) is 11.5 Å². The molecule has 22 heavy (non-hydrogen) atoms. The minimum Gasteiger partial charge on any atom is -0.472 e. The number of hydrogen-bond donors (Lipinski definition) is 2. The molecule has 1 aromatic carbocycles. The first-order valence-electron chi connectivity index (χ1n) is 5.38. The maximum absolute atomic E-state index is 10.2. The van der Waals surface area contributed by atoms with Crippen LogP contribution in [0.25, 0.3) is 0 Å². The number of carboxylic acids is 1. The van der Waals surface area contributed by atoms with Gasteiger partial charge in [-0.3, -0.25) is 10.1 Å². The Balaban J connectivity index is 0. The Kier molecular flexibility index (Phi) is 11.5. The number of terminal acetylenes is 1. The normalized spacial score (nSPS) is 6.55. The fourth-order valence-corrected chi connectivity index (χ4v) is 0.889. The molecule has 0 aliphatic carbocycles. The summed E-state index contributed by atoms with van der Waals surface area (Å²) < 4.78 is 0. The second-order valence-electron chi connectivity index (χ2n) is 3.13. The number of nitro groups is 1. The van der Waals surface area contributed by atoms with Crippen LogP contribution in [0.4, 0.5) is 5.69 Å². The van der Waals surface area contributed by atoms with Gasteiger partial charge < -0.3 is 11.3 Å². The molecule has 0 atom stereocenters. The summed E-state index contributed by atoms with van der Waals surface area (Å²) in [6, 6.07) is 5.85. The molecule has 6 nitrogen and oxygen atoms in total. The van der Waals surface area contributed by atoms with Gasteiger partial charge in [-0.1, -0.05) is 11.8 Å². The zero-order chi connectivity index (χ0) is 16.1. The van der Waals surface area contributed by atoms with Crippen LogP contribution in [0.3, 0.4) is 0 Å².